The molecule has 19 heavy (non-hydrogen) atoms. The summed E-state index contributed by atoms with van der Waals surface area (Å²) in [6.45, 7) is 0.343. The van der Waals surface area contributed by atoms with Gasteiger partial charge in [0.25, 0.3) is 0 Å². The molecule has 0 radical (unpaired) electrons. The zero-order valence-electron chi connectivity index (χ0n) is 9.66. The molecule has 1 amide bonds. The minimum atomic E-state index is -0.251. The Hall–Kier alpha value is -1.60. The van der Waals surface area contributed by atoms with Crippen molar-refractivity contribution in [2.45, 2.75) is 6.54 Å². The predicted octanol–water partition coefficient (Wildman–Crippen LogP) is 0.854. The molecule has 0 atom stereocenters. The van der Waals surface area contributed by atoms with Crippen molar-refractivity contribution in [2.75, 3.05) is 5.32 Å². The van der Waals surface area contributed by atoms with Crippen molar-refractivity contribution in [3.8, 4) is 0 Å². The summed E-state index contributed by atoms with van der Waals surface area (Å²) in [4.78, 5) is 16.2. The van der Waals surface area contributed by atoms with E-state index >= 15 is 0 Å². The van der Waals surface area contributed by atoms with Crippen LogP contribution in [0.1, 0.15) is 15.5 Å². The average molecular weight is 338 g/mol. The SMILES string of the molecule is NCc1nc(C(=O)Nc2cccc3n[se]nc23)cs1. The number of hydrogen-bond donors (Lipinski definition) is 2. The zero-order valence-corrected chi connectivity index (χ0v) is 12.2. The van der Waals surface area contributed by atoms with Crippen molar-refractivity contribution in [3.63, 3.8) is 0 Å². The van der Waals surface area contributed by atoms with Crippen LogP contribution in [0.25, 0.3) is 11.0 Å². The van der Waals surface area contributed by atoms with Crippen molar-refractivity contribution in [2.24, 2.45) is 5.73 Å². The number of carbonyl (C=O) groups is 1. The molecule has 2 heterocycles. The number of anilines is 1. The molecule has 6 nitrogen and oxygen atoms in total. The Labute approximate surface area is 118 Å². The van der Waals surface area contributed by atoms with E-state index in [1.165, 1.54) is 11.3 Å². The minimum absolute atomic E-state index is 0.115. The van der Waals surface area contributed by atoms with Gasteiger partial charge in [-0.3, -0.25) is 0 Å². The van der Waals surface area contributed by atoms with Gasteiger partial charge in [-0.2, -0.15) is 0 Å². The van der Waals surface area contributed by atoms with Gasteiger partial charge in [0.15, 0.2) is 0 Å². The Kier molecular flexibility index (Phi) is 3.39. The summed E-state index contributed by atoms with van der Waals surface area (Å²) >= 11 is 1.26. The van der Waals surface area contributed by atoms with E-state index in [1.54, 1.807) is 5.38 Å². The van der Waals surface area contributed by atoms with Crippen LogP contribution in [0.3, 0.4) is 0 Å². The number of thiazole rings is 1. The van der Waals surface area contributed by atoms with Crippen LogP contribution >= 0.6 is 11.3 Å². The van der Waals surface area contributed by atoms with Gasteiger partial charge in [-0.1, -0.05) is 0 Å². The summed E-state index contributed by atoms with van der Waals surface area (Å²) in [5, 5.41) is 5.26. The number of rotatable bonds is 3. The van der Waals surface area contributed by atoms with E-state index in [0.29, 0.717) is 17.9 Å². The number of amides is 1. The summed E-state index contributed by atoms with van der Waals surface area (Å²) in [5.41, 5.74) is 8.12. The van der Waals surface area contributed by atoms with Gasteiger partial charge >= 0.3 is 119 Å². The molecule has 3 aromatic rings. The summed E-state index contributed by atoms with van der Waals surface area (Å²) in [6, 6.07) is 5.55. The second-order valence-electron chi connectivity index (χ2n) is 3.72. The summed E-state index contributed by atoms with van der Waals surface area (Å²) in [7, 11) is 0. The van der Waals surface area contributed by atoms with Gasteiger partial charge in [0.1, 0.15) is 0 Å². The normalized spacial score (nSPS) is 10.8. The fourth-order valence-corrected chi connectivity index (χ4v) is 3.41. The Bertz CT molecular complexity index is 737. The first-order valence-electron chi connectivity index (χ1n) is 5.45. The van der Waals surface area contributed by atoms with Crippen LogP contribution in [0.15, 0.2) is 23.6 Å². The molecule has 0 aliphatic rings. The molecule has 0 fully saturated rings. The van der Waals surface area contributed by atoms with Crippen LogP contribution in [-0.2, 0) is 6.54 Å². The van der Waals surface area contributed by atoms with E-state index in [2.05, 4.69) is 18.3 Å². The zero-order chi connectivity index (χ0) is 13.2. The summed E-state index contributed by atoms with van der Waals surface area (Å²) in [6.07, 6.45) is 0. The third-order valence-electron chi connectivity index (χ3n) is 2.49. The first-order chi connectivity index (χ1) is 9.28. The fourth-order valence-electron chi connectivity index (χ4n) is 1.60. The van der Waals surface area contributed by atoms with E-state index in [9.17, 15) is 4.79 Å². The molecule has 2 aromatic heterocycles. The van der Waals surface area contributed by atoms with E-state index in [1.807, 2.05) is 18.2 Å². The number of carbonyl (C=O) groups excluding carboxylic acids is 1. The van der Waals surface area contributed by atoms with Crippen molar-refractivity contribution < 1.29 is 4.79 Å². The maximum atomic E-state index is 12.1. The molecular formula is C11H9N5OSSe. The van der Waals surface area contributed by atoms with Gasteiger partial charge in [-0.05, 0) is 0 Å². The third kappa shape index (κ3) is 2.43. The Balaban J connectivity index is 1.88. The second kappa shape index (κ2) is 5.18. The molecule has 3 rings (SSSR count). The number of nitrogens with one attached hydrogen (secondary N) is 1. The number of nitrogens with zero attached hydrogens (tertiary/aromatic N) is 3. The van der Waals surface area contributed by atoms with Gasteiger partial charge in [-0.25, -0.2) is 0 Å². The summed E-state index contributed by atoms with van der Waals surface area (Å²) < 4.78 is 8.58. The third-order valence-corrected chi connectivity index (χ3v) is 4.50. The number of nitrogens with two attached hydrogens (primary N) is 1. The molecule has 0 saturated heterocycles. The second-order valence-corrected chi connectivity index (χ2v) is 5.77. The van der Waals surface area contributed by atoms with Gasteiger partial charge < -0.3 is 0 Å². The van der Waals surface area contributed by atoms with E-state index < -0.39 is 0 Å². The van der Waals surface area contributed by atoms with E-state index in [0.717, 1.165) is 16.0 Å². The van der Waals surface area contributed by atoms with Crippen LogP contribution < -0.4 is 11.1 Å². The fraction of sp³-hybridized carbons (Fsp3) is 0.0909. The van der Waals surface area contributed by atoms with Gasteiger partial charge in [0, 0.05) is 0 Å². The van der Waals surface area contributed by atoms with Gasteiger partial charge in [0.05, 0.1) is 0 Å². The van der Waals surface area contributed by atoms with E-state index in [-0.39, 0.29) is 20.9 Å². The van der Waals surface area contributed by atoms with Gasteiger partial charge in [-0.15, -0.1) is 0 Å². The van der Waals surface area contributed by atoms with Crippen LogP contribution in [0.2, 0.25) is 0 Å². The first kappa shape index (κ1) is 12.4. The van der Waals surface area contributed by atoms with Crippen LogP contribution in [0, 0.1) is 0 Å². The molecule has 8 heteroatoms. The molecule has 96 valence electrons. The van der Waals surface area contributed by atoms with Crippen LogP contribution in [0.5, 0.6) is 0 Å². The molecule has 0 unspecified atom stereocenters. The standard InChI is InChI=1S/C11H9N5OSSe/c12-4-9-13-8(5-18-9)11(17)14-6-2-1-3-7-10(6)16-19-15-7/h1-3,5H,4,12H2,(H,14,17). The molecule has 3 N–H and O–H groups in total. The maximum absolute atomic E-state index is 12.1. The van der Waals surface area contributed by atoms with Crippen molar-refractivity contribution in [3.05, 3.63) is 34.3 Å². The molecule has 0 aliphatic carbocycles. The number of benzene rings is 1. The van der Waals surface area contributed by atoms with Gasteiger partial charge in [0.2, 0.25) is 0 Å². The van der Waals surface area contributed by atoms with E-state index in [4.69, 9.17) is 5.73 Å². The predicted molar refractivity (Wildman–Crippen MR) is 74.4 cm³/mol. The molecule has 0 bridgehead atoms. The topological polar surface area (TPSA) is 93.8 Å². The van der Waals surface area contributed by atoms with Crippen LogP contribution in [-0.4, -0.2) is 33.8 Å². The molecule has 1 aromatic carbocycles. The average Bonchev–Trinajstić information content (AvgIpc) is 3.08. The number of hydrogen-bond acceptors (Lipinski definition) is 6. The number of aromatic nitrogens is 3. The van der Waals surface area contributed by atoms with Crippen molar-refractivity contribution in [1.82, 2.24) is 12.9 Å². The quantitative estimate of drug-likeness (QED) is 0.691. The summed E-state index contributed by atoms with van der Waals surface area (Å²) in [5.74, 6) is -0.251. The van der Waals surface area contributed by atoms with Crippen LogP contribution in [0.4, 0.5) is 5.69 Å². The molecular weight excluding hydrogens is 329 g/mol. The van der Waals surface area contributed by atoms with Crippen molar-refractivity contribution >= 4 is 48.9 Å². The first-order valence-corrected chi connectivity index (χ1v) is 7.86. The Morgan fingerprint density at radius 2 is 2.32 bits per heavy atom. The molecule has 0 spiro atoms. The number of fused-ring (bicyclic) bond motifs is 1. The van der Waals surface area contributed by atoms with Crippen molar-refractivity contribution in [1.29, 1.82) is 0 Å². The monoisotopic (exact) mass is 339 g/mol. The Morgan fingerprint density at radius 3 is 3.11 bits per heavy atom. The molecule has 0 aliphatic heterocycles. The molecule has 0 saturated carbocycles. The Morgan fingerprint density at radius 1 is 1.42 bits per heavy atom.